The van der Waals surface area contributed by atoms with Crippen molar-refractivity contribution in [3.05, 3.63) is 23.9 Å². The number of carbonyl (C=O) groups excluding carboxylic acids is 2. The number of amides is 2. The van der Waals surface area contributed by atoms with E-state index in [1.807, 2.05) is 19.1 Å². The van der Waals surface area contributed by atoms with Gasteiger partial charge in [-0.05, 0) is 18.6 Å². The molecule has 2 fully saturated rings. The predicted octanol–water partition coefficient (Wildman–Crippen LogP) is 0.147. The minimum Gasteiger partial charge on any atom is -0.447 e. The van der Waals surface area contributed by atoms with Gasteiger partial charge in [-0.1, -0.05) is 6.07 Å². The van der Waals surface area contributed by atoms with Crippen LogP contribution in [0.15, 0.2) is 18.3 Å². The number of alkyl carbamates (subject to hydrolysis) is 1. The van der Waals surface area contributed by atoms with E-state index in [4.69, 9.17) is 4.74 Å². The topological polar surface area (TPSA) is 74.8 Å². The van der Waals surface area contributed by atoms with Crippen molar-refractivity contribution < 1.29 is 14.3 Å². The number of nitrogens with one attached hydrogen (secondary N) is 1. The zero-order valence-electron chi connectivity index (χ0n) is 11.9. The van der Waals surface area contributed by atoms with Crippen LogP contribution in [0.2, 0.25) is 0 Å². The number of piperazine rings is 1. The van der Waals surface area contributed by atoms with Crippen molar-refractivity contribution in [2.45, 2.75) is 13.0 Å². The molecule has 1 N–H and O–H groups in total. The van der Waals surface area contributed by atoms with E-state index in [9.17, 15) is 9.59 Å². The number of anilines is 1. The Morgan fingerprint density at radius 2 is 2.14 bits per heavy atom. The monoisotopic (exact) mass is 290 g/mol. The molecule has 0 aliphatic carbocycles. The van der Waals surface area contributed by atoms with E-state index in [2.05, 4.69) is 15.2 Å². The highest BCUT2D eigenvalue weighted by Crippen LogP contribution is 2.18. The third kappa shape index (κ3) is 2.76. The zero-order chi connectivity index (χ0) is 14.8. The molecule has 0 aromatic carbocycles. The largest absolute Gasteiger partial charge is 0.447 e. The van der Waals surface area contributed by atoms with Crippen LogP contribution in [0.5, 0.6) is 0 Å². The lowest BCUT2D eigenvalue weighted by molar-refractivity contribution is -0.133. The maximum Gasteiger partial charge on any atom is 0.407 e. The lowest BCUT2D eigenvalue weighted by Crippen LogP contribution is -2.54. The minimum atomic E-state index is -0.541. The fraction of sp³-hybridized carbons (Fsp3) is 0.500. The normalized spacial score (nSPS) is 22.0. The summed E-state index contributed by atoms with van der Waals surface area (Å²) in [4.78, 5) is 31.6. The number of cyclic esters (lactones) is 1. The molecule has 7 nitrogen and oxygen atoms in total. The van der Waals surface area contributed by atoms with Gasteiger partial charge in [-0.15, -0.1) is 0 Å². The van der Waals surface area contributed by atoms with Crippen LogP contribution in [0.3, 0.4) is 0 Å². The van der Waals surface area contributed by atoms with Crippen LogP contribution < -0.4 is 10.2 Å². The third-order valence-corrected chi connectivity index (χ3v) is 3.84. The highest BCUT2D eigenvalue weighted by atomic mass is 16.6. The third-order valence-electron chi connectivity index (χ3n) is 3.84. The molecule has 0 bridgehead atoms. The molecule has 2 amide bonds. The van der Waals surface area contributed by atoms with E-state index in [1.165, 1.54) is 0 Å². The summed E-state index contributed by atoms with van der Waals surface area (Å²) in [5.74, 6) is 0.903. The van der Waals surface area contributed by atoms with E-state index in [-0.39, 0.29) is 12.5 Å². The number of aromatic nitrogens is 1. The van der Waals surface area contributed by atoms with Gasteiger partial charge < -0.3 is 19.9 Å². The number of hydrogen-bond donors (Lipinski definition) is 1. The molecule has 0 saturated carbocycles. The SMILES string of the molecule is Cc1cccnc1N1CCN(C(=O)[C@@H]2COC(=O)N2)CC1. The molecule has 2 saturated heterocycles. The maximum atomic E-state index is 12.3. The lowest BCUT2D eigenvalue weighted by atomic mass is 10.2. The van der Waals surface area contributed by atoms with E-state index < -0.39 is 12.1 Å². The molecule has 7 heteroatoms. The summed E-state index contributed by atoms with van der Waals surface area (Å²) in [5.41, 5.74) is 1.13. The van der Waals surface area contributed by atoms with Crippen molar-refractivity contribution in [1.29, 1.82) is 0 Å². The number of rotatable bonds is 2. The first-order chi connectivity index (χ1) is 10.1. The summed E-state index contributed by atoms with van der Waals surface area (Å²) in [6.45, 7) is 4.89. The van der Waals surface area contributed by atoms with E-state index in [1.54, 1.807) is 11.1 Å². The predicted molar refractivity (Wildman–Crippen MR) is 76.0 cm³/mol. The summed E-state index contributed by atoms with van der Waals surface area (Å²) in [7, 11) is 0. The summed E-state index contributed by atoms with van der Waals surface area (Å²) in [6, 6.07) is 3.41. The van der Waals surface area contributed by atoms with Gasteiger partial charge in [0.05, 0.1) is 0 Å². The number of hydrogen-bond acceptors (Lipinski definition) is 5. The van der Waals surface area contributed by atoms with Crippen LogP contribution in [0.4, 0.5) is 10.6 Å². The van der Waals surface area contributed by atoms with E-state index in [0.29, 0.717) is 13.1 Å². The molecule has 0 spiro atoms. The molecule has 2 aliphatic heterocycles. The smallest absolute Gasteiger partial charge is 0.407 e. The first-order valence-electron chi connectivity index (χ1n) is 7.04. The molecular formula is C14H18N4O3. The molecule has 2 aliphatic rings. The van der Waals surface area contributed by atoms with E-state index in [0.717, 1.165) is 24.5 Å². The first-order valence-corrected chi connectivity index (χ1v) is 7.04. The molecule has 21 heavy (non-hydrogen) atoms. The summed E-state index contributed by atoms with van der Waals surface area (Å²) in [5, 5.41) is 2.52. The van der Waals surface area contributed by atoms with Crippen LogP contribution in [-0.2, 0) is 9.53 Å². The van der Waals surface area contributed by atoms with Crippen molar-refractivity contribution in [1.82, 2.24) is 15.2 Å². The average molecular weight is 290 g/mol. The summed E-state index contributed by atoms with van der Waals surface area (Å²) in [6.07, 6.45) is 1.27. The number of pyridine rings is 1. The number of ether oxygens (including phenoxy) is 1. The Hall–Kier alpha value is -2.31. The van der Waals surface area contributed by atoms with Crippen LogP contribution in [0.25, 0.3) is 0 Å². The molecule has 0 radical (unpaired) electrons. The number of nitrogens with zero attached hydrogens (tertiary/aromatic N) is 3. The molecule has 1 aromatic rings. The van der Waals surface area contributed by atoms with Crippen LogP contribution >= 0.6 is 0 Å². The Morgan fingerprint density at radius 1 is 1.38 bits per heavy atom. The standard InChI is InChI=1S/C14H18N4O3/c1-10-3-2-4-15-12(10)17-5-7-18(8-6-17)13(19)11-9-21-14(20)16-11/h2-4,11H,5-9H2,1H3,(H,16,20)/t11-/m0/s1. The van der Waals surface area contributed by atoms with Crippen molar-refractivity contribution in [3.8, 4) is 0 Å². The molecule has 1 atom stereocenters. The first kappa shape index (κ1) is 13.7. The fourth-order valence-electron chi connectivity index (χ4n) is 2.69. The maximum absolute atomic E-state index is 12.3. The Labute approximate surface area is 122 Å². The average Bonchev–Trinajstić information content (AvgIpc) is 2.94. The summed E-state index contributed by atoms with van der Waals surface area (Å²) >= 11 is 0. The van der Waals surface area contributed by atoms with Gasteiger partial charge in [-0.25, -0.2) is 9.78 Å². The second-order valence-corrected chi connectivity index (χ2v) is 5.25. The van der Waals surface area contributed by atoms with Crippen molar-refractivity contribution in [2.24, 2.45) is 0 Å². The van der Waals surface area contributed by atoms with E-state index >= 15 is 0 Å². The number of aryl methyl sites for hydroxylation is 1. The zero-order valence-corrected chi connectivity index (χ0v) is 11.9. The molecule has 1 aromatic heterocycles. The molecular weight excluding hydrogens is 272 g/mol. The Balaban J connectivity index is 1.59. The second kappa shape index (κ2) is 5.59. The van der Waals surface area contributed by atoms with Gasteiger partial charge in [0.15, 0.2) is 0 Å². The lowest BCUT2D eigenvalue weighted by Gasteiger charge is -2.36. The second-order valence-electron chi connectivity index (χ2n) is 5.25. The van der Waals surface area contributed by atoms with Gasteiger partial charge in [0, 0.05) is 32.4 Å². The van der Waals surface area contributed by atoms with Crippen LogP contribution in [-0.4, -0.2) is 60.7 Å². The molecule has 3 rings (SSSR count). The van der Waals surface area contributed by atoms with Gasteiger partial charge in [0.25, 0.3) is 0 Å². The Bertz CT molecular complexity index is 555. The van der Waals surface area contributed by atoms with Crippen molar-refractivity contribution >= 4 is 17.8 Å². The van der Waals surface area contributed by atoms with Gasteiger partial charge >= 0.3 is 6.09 Å². The Kier molecular flexibility index (Phi) is 3.64. The number of carbonyl (C=O) groups is 2. The van der Waals surface area contributed by atoms with Crippen molar-refractivity contribution in [2.75, 3.05) is 37.7 Å². The quantitative estimate of drug-likeness (QED) is 0.839. The fourth-order valence-corrected chi connectivity index (χ4v) is 2.69. The van der Waals surface area contributed by atoms with Gasteiger partial charge in [-0.2, -0.15) is 0 Å². The molecule has 112 valence electrons. The minimum absolute atomic E-state index is 0.0711. The molecule has 0 unspecified atom stereocenters. The van der Waals surface area contributed by atoms with Crippen molar-refractivity contribution in [3.63, 3.8) is 0 Å². The van der Waals surface area contributed by atoms with Crippen LogP contribution in [0.1, 0.15) is 5.56 Å². The summed E-state index contributed by atoms with van der Waals surface area (Å²) < 4.78 is 4.77. The van der Waals surface area contributed by atoms with Gasteiger partial charge in [-0.3, -0.25) is 4.79 Å². The highest BCUT2D eigenvalue weighted by Gasteiger charge is 2.33. The molecule has 3 heterocycles. The van der Waals surface area contributed by atoms with Gasteiger partial charge in [0.1, 0.15) is 18.5 Å². The highest BCUT2D eigenvalue weighted by molar-refractivity contribution is 5.88. The van der Waals surface area contributed by atoms with Gasteiger partial charge in [0.2, 0.25) is 5.91 Å². The van der Waals surface area contributed by atoms with Crippen LogP contribution in [0, 0.1) is 6.92 Å². The Morgan fingerprint density at radius 3 is 2.76 bits per heavy atom.